The minimum atomic E-state index is -0.260. The fourth-order valence-corrected chi connectivity index (χ4v) is 3.60. The molecule has 1 saturated heterocycles. The molecule has 7 heteroatoms. The Morgan fingerprint density at radius 1 is 1.31 bits per heavy atom. The van der Waals surface area contributed by atoms with Crippen molar-refractivity contribution in [1.82, 2.24) is 15.5 Å². The number of ether oxygens (including phenoxy) is 1. The molecule has 0 bridgehead atoms. The number of hydrogen-bond acceptors (Lipinski definition) is 6. The lowest BCUT2D eigenvalue weighted by atomic mass is 9.91. The lowest BCUT2D eigenvalue weighted by molar-refractivity contribution is -0.124. The van der Waals surface area contributed by atoms with Crippen LogP contribution >= 0.6 is 0 Å². The number of rotatable bonds is 6. The Labute approximate surface area is 152 Å². The minimum absolute atomic E-state index is 0.0344. The number of aromatic nitrogens is 2. The minimum Gasteiger partial charge on any atom is -0.469 e. The molecule has 2 fully saturated rings. The number of hydrogen-bond donors (Lipinski definition) is 1. The largest absolute Gasteiger partial charge is 0.469 e. The van der Waals surface area contributed by atoms with Crippen molar-refractivity contribution in [2.24, 2.45) is 11.8 Å². The van der Waals surface area contributed by atoms with Gasteiger partial charge in [-0.25, -0.2) is 0 Å². The van der Waals surface area contributed by atoms with Gasteiger partial charge in [0, 0.05) is 31.0 Å². The average Bonchev–Trinajstić information content (AvgIpc) is 3.07. The summed E-state index contributed by atoms with van der Waals surface area (Å²) in [6.45, 7) is 5.44. The second-order valence-corrected chi connectivity index (χ2v) is 7.55. The van der Waals surface area contributed by atoms with Crippen molar-refractivity contribution < 1.29 is 18.5 Å². The Morgan fingerprint density at radius 2 is 2.12 bits per heavy atom. The number of nitrogens with zero attached hydrogens (tertiary/aromatic N) is 2. The van der Waals surface area contributed by atoms with Crippen LogP contribution in [0.15, 0.2) is 27.3 Å². The Kier molecular flexibility index (Phi) is 4.80. The molecule has 1 aliphatic carbocycles. The molecule has 0 spiro atoms. The van der Waals surface area contributed by atoms with Crippen LogP contribution in [-0.2, 0) is 9.53 Å². The first-order valence-electron chi connectivity index (χ1n) is 9.38. The zero-order chi connectivity index (χ0) is 18.1. The van der Waals surface area contributed by atoms with E-state index < -0.39 is 0 Å². The van der Waals surface area contributed by atoms with E-state index >= 15 is 0 Å². The third kappa shape index (κ3) is 3.53. The molecule has 2 aromatic rings. The van der Waals surface area contributed by atoms with E-state index in [4.69, 9.17) is 13.7 Å². The van der Waals surface area contributed by atoms with Crippen molar-refractivity contribution in [1.29, 1.82) is 0 Å². The standard InChI is InChI=1S/C19H25N3O4/c1-11(2)17-21-19(26-22-17)16(12-5-8-24-9-6-12)20-18(23)14-10-13(14)15-4-3-7-25-15/h3-4,7,11-14,16H,5-6,8-10H2,1-2H3,(H,20,23)/t13-,14+,16-/m1/s1. The van der Waals surface area contributed by atoms with Crippen LogP contribution in [-0.4, -0.2) is 29.3 Å². The number of furan rings is 1. The number of carbonyl (C=O) groups is 1. The molecule has 0 aromatic carbocycles. The zero-order valence-corrected chi connectivity index (χ0v) is 15.2. The van der Waals surface area contributed by atoms with Gasteiger partial charge >= 0.3 is 0 Å². The molecule has 0 radical (unpaired) electrons. The highest BCUT2D eigenvalue weighted by atomic mass is 16.5. The van der Waals surface area contributed by atoms with Gasteiger partial charge in [0.2, 0.25) is 11.8 Å². The smallest absolute Gasteiger partial charge is 0.249 e. The van der Waals surface area contributed by atoms with Gasteiger partial charge in [0.05, 0.1) is 6.26 Å². The van der Waals surface area contributed by atoms with Gasteiger partial charge in [-0.2, -0.15) is 4.98 Å². The Hall–Kier alpha value is -2.15. The summed E-state index contributed by atoms with van der Waals surface area (Å²) in [7, 11) is 0. The van der Waals surface area contributed by atoms with Crippen molar-refractivity contribution in [3.05, 3.63) is 35.9 Å². The quantitative estimate of drug-likeness (QED) is 0.852. The monoisotopic (exact) mass is 359 g/mol. The number of amides is 1. The molecular weight excluding hydrogens is 334 g/mol. The SMILES string of the molecule is CC(C)c1noc([C@H](NC(=O)[C@H]2C[C@H]2c2ccco2)C2CCOCC2)n1. The van der Waals surface area contributed by atoms with E-state index in [1.807, 2.05) is 26.0 Å². The van der Waals surface area contributed by atoms with E-state index in [1.165, 1.54) is 0 Å². The molecule has 1 aliphatic heterocycles. The molecule has 26 heavy (non-hydrogen) atoms. The van der Waals surface area contributed by atoms with Crippen molar-refractivity contribution in [2.75, 3.05) is 13.2 Å². The Bertz CT molecular complexity index is 734. The van der Waals surface area contributed by atoms with E-state index in [1.54, 1.807) is 6.26 Å². The summed E-state index contributed by atoms with van der Waals surface area (Å²) in [5.41, 5.74) is 0. The van der Waals surface area contributed by atoms with E-state index in [9.17, 15) is 4.79 Å². The third-order valence-electron chi connectivity index (χ3n) is 5.31. The molecule has 1 saturated carbocycles. The Morgan fingerprint density at radius 3 is 2.77 bits per heavy atom. The van der Waals surface area contributed by atoms with E-state index in [0.717, 1.165) is 25.0 Å². The van der Waals surface area contributed by atoms with Crippen LogP contribution in [0.3, 0.4) is 0 Å². The van der Waals surface area contributed by atoms with Gasteiger partial charge in [0.1, 0.15) is 11.8 Å². The molecule has 7 nitrogen and oxygen atoms in total. The van der Waals surface area contributed by atoms with E-state index in [0.29, 0.717) is 24.9 Å². The maximum Gasteiger partial charge on any atom is 0.249 e. The first-order chi connectivity index (χ1) is 12.6. The third-order valence-corrected chi connectivity index (χ3v) is 5.31. The molecule has 3 atom stereocenters. The van der Waals surface area contributed by atoms with Crippen molar-refractivity contribution in [3.63, 3.8) is 0 Å². The predicted molar refractivity (Wildman–Crippen MR) is 92.4 cm³/mol. The number of carbonyl (C=O) groups excluding carboxylic acids is 1. The summed E-state index contributed by atoms with van der Waals surface area (Å²) < 4.78 is 16.4. The highest BCUT2D eigenvalue weighted by Crippen LogP contribution is 2.48. The van der Waals surface area contributed by atoms with Gasteiger partial charge in [-0.15, -0.1) is 0 Å². The highest BCUT2D eigenvalue weighted by Gasteiger charge is 2.47. The zero-order valence-electron chi connectivity index (χ0n) is 15.2. The molecule has 0 unspecified atom stereocenters. The summed E-state index contributed by atoms with van der Waals surface area (Å²) in [6, 6.07) is 3.53. The van der Waals surface area contributed by atoms with Gasteiger partial charge in [0.15, 0.2) is 5.82 Å². The van der Waals surface area contributed by atoms with Crippen LogP contribution in [0.1, 0.15) is 68.5 Å². The first kappa shape index (κ1) is 17.3. The van der Waals surface area contributed by atoms with E-state index in [-0.39, 0.29) is 35.6 Å². The second kappa shape index (κ2) is 7.23. The summed E-state index contributed by atoms with van der Waals surface area (Å²) >= 11 is 0. The molecule has 3 heterocycles. The molecule has 2 aromatic heterocycles. The first-order valence-corrected chi connectivity index (χ1v) is 9.38. The molecule has 140 valence electrons. The fourth-order valence-electron chi connectivity index (χ4n) is 3.60. The van der Waals surface area contributed by atoms with Gasteiger partial charge in [-0.1, -0.05) is 19.0 Å². The van der Waals surface area contributed by atoms with Crippen LogP contribution in [0.2, 0.25) is 0 Å². The van der Waals surface area contributed by atoms with Crippen LogP contribution in [0.25, 0.3) is 0 Å². The van der Waals surface area contributed by atoms with Crippen LogP contribution in [0.4, 0.5) is 0 Å². The average molecular weight is 359 g/mol. The lowest BCUT2D eigenvalue weighted by Gasteiger charge is -2.28. The summed E-state index contributed by atoms with van der Waals surface area (Å²) in [6.07, 6.45) is 4.22. The van der Waals surface area contributed by atoms with Crippen LogP contribution < -0.4 is 5.32 Å². The predicted octanol–water partition coefficient (Wildman–Crippen LogP) is 3.17. The maximum absolute atomic E-state index is 12.8. The van der Waals surface area contributed by atoms with Gasteiger partial charge in [-0.3, -0.25) is 4.79 Å². The van der Waals surface area contributed by atoms with E-state index in [2.05, 4.69) is 15.5 Å². The topological polar surface area (TPSA) is 90.4 Å². The van der Waals surface area contributed by atoms with Crippen molar-refractivity contribution in [3.8, 4) is 0 Å². The fraction of sp³-hybridized carbons (Fsp3) is 0.632. The van der Waals surface area contributed by atoms with Crippen LogP contribution in [0, 0.1) is 11.8 Å². The van der Waals surface area contributed by atoms with Gasteiger partial charge in [0.25, 0.3) is 0 Å². The van der Waals surface area contributed by atoms with Crippen molar-refractivity contribution >= 4 is 5.91 Å². The summed E-state index contributed by atoms with van der Waals surface area (Å²) in [5, 5.41) is 7.25. The normalized spacial score (nSPS) is 24.6. The lowest BCUT2D eigenvalue weighted by Crippen LogP contribution is -2.37. The summed E-state index contributed by atoms with van der Waals surface area (Å²) in [5.74, 6) is 2.65. The Balaban J connectivity index is 1.48. The second-order valence-electron chi connectivity index (χ2n) is 7.55. The number of nitrogens with one attached hydrogen (secondary N) is 1. The molecule has 2 aliphatic rings. The highest BCUT2D eigenvalue weighted by molar-refractivity contribution is 5.83. The molecule has 1 amide bonds. The summed E-state index contributed by atoms with van der Waals surface area (Å²) in [4.78, 5) is 17.3. The van der Waals surface area contributed by atoms with Gasteiger partial charge < -0.3 is 19.0 Å². The molecule has 1 N–H and O–H groups in total. The van der Waals surface area contributed by atoms with Gasteiger partial charge in [-0.05, 0) is 37.3 Å². The maximum atomic E-state index is 12.8. The molecular formula is C19H25N3O4. The molecule has 4 rings (SSSR count). The van der Waals surface area contributed by atoms with Crippen molar-refractivity contribution in [2.45, 2.75) is 51.0 Å². The van der Waals surface area contributed by atoms with Crippen LogP contribution in [0.5, 0.6) is 0 Å².